The van der Waals surface area contributed by atoms with Gasteiger partial charge in [-0.3, -0.25) is 0 Å². The SMILES string of the molecule is CCC(N)CCNc1ncc2ccccc2n1. The smallest absolute Gasteiger partial charge is 0.223 e. The van der Waals surface area contributed by atoms with Gasteiger partial charge in [0, 0.05) is 24.2 Å². The molecule has 1 unspecified atom stereocenters. The molecule has 0 saturated heterocycles. The number of anilines is 1. The fourth-order valence-electron chi connectivity index (χ4n) is 1.63. The predicted molar refractivity (Wildman–Crippen MR) is 70.9 cm³/mol. The Kier molecular flexibility index (Phi) is 3.88. The van der Waals surface area contributed by atoms with E-state index in [-0.39, 0.29) is 6.04 Å². The van der Waals surface area contributed by atoms with Crippen molar-refractivity contribution in [2.24, 2.45) is 5.73 Å². The Labute approximate surface area is 101 Å². The first kappa shape index (κ1) is 11.8. The van der Waals surface area contributed by atoms with Gasteiger partial charge in [0.2, 0.25) is 5.95 Å². The monoisotopic (exact) mass is 230 g/mol. The van der Waals surface area contributed by atoms with E-state index in [9.17, 15) is 0 Å². The molecule has 1 aromatic heterocycles. The van der Waals surface area contributed by atoms with Crippen molar-refractivity contribution in [2.45, 2.75) is 25.8 Å². The molecule has 0 aliphatic heterocycles. The number of hydrogen-bond donors (Lipinski definition) is 2. The van der Waals surface area contributed by atoms with E-state index < -0.39 is 0 Å². The molecule has 0 aliphatic carbocycles. The molecular weight excluding hydrogens is 212 g/mol. The van der Waals surface area contributed by atoms with Crippen LogP contribution in [0.2, 0.25) is 0 Å². The number of nitrogens with one attached hydrogen (secondary N) is 1. The molecule has 0 saturated carbocycles. The van der Waals surface area contributed by atoms with Gasteiger partial charge in [0.25, 0.3) is 0 Å². The number of nitrogens with zero attached hydrogens (tertiary/aromatic N) is 2. The number of para-hydroxylation sites is 1. The van der Waals surface area contributed by atoms with Crippen molar-refractivity contribution < 1.29 is 0 Å². The van der Waals surface area contributed by atoms with Crippen molar-refractivity contribution in [2.75, 3.05) is 11.9 Å². The van der Waals surface area contributed by atoms with E-state index in [1.165, 1.54) is 0 Å². The first-order valence-electron chi connectivity index (χ1n) is 6.01. The molecule has 3 N–H and O–H groups in total. The molecule has 0 radical (unpaired) electrons. The molecule has 90 valence electrons. The van der Waals surface area contributed by atoms with Crippen molar-refractivity contribution >= 4 is 16.9 Å². The lowest BCUT2D eigenvalue weighted by molar-refractivity contribution is 0.612. The normalized spacial score (nSPS) is 12.6. The number of fused-ring (bicyclic) bond motifs is 1. The van der Waals surface area contributed by atoms with E-state index in [0.717, 1.165) is 30.3 Å². The van der Waals surface area contributed by atoms with Gasteiger partial charge in [0.05, 0.1) is 5.52 Å². The van der Waals surface area contributed by atoms with Crippen LogP contribution in [0.1, 0.15) is 19.8 Å². The molecule has 4 heteroatoms. The third kappa shape index (κ3) is 3.14. The van der Waals surface area contributed by atoms with E-state index in [1.54, 1.807) is 0 Å². The van der Waals surface area contributed by atoms with E-state index in [2.05, 4.69) is 22.2 Å². The minimum absolute atomic E-state index is 0.253. The topological polar surface area (TPSA) is 63.8 Å². The Balaban J connectivity index is 1.99. The molecule has 0 bridgehead atoms. The van der Waals surface area contributed by atoms with Crippen LogP contribution < -0.4 is 11.1 Å². The summed E-state index contributed by atoms with van der Waals surface area (Å²) in [6.07, 6.45) is 3.78. The van der Waals surface area contributed by atoms with Crippen LogP contribution in [0.3, 0.4) is 0 Å². The summed E-state index contributed by atoms with van der Waals surface area (Å²) in [4.78, 5) is 8.70. The second-order valence-electron chi connectivity index (χ2n) is 4.14. The van der Waals surface area contributed by atoms with Crippen LogP contribution in [0.4, 0.5) is 5.95 Å². The summed E-state index contributed by atoms with van der Waals surface area (Å²) >= 11 is 0. The molecule has 17 heavy (non-hydrogen) atoms. The molecule has 0 aliphatic rings. The highest BCUT2D eigenvalue weighted by molar-refractivity contribution is 5.78. The van der Waals surface area contributed by atoms with Gasteiger partial charge in [-0.1, -0.05) is 25.1 Å². The molecule has 0 fully saturated rings. The fourth-order valence-corrected chi connectivity index (χ4v) is 1.63. The van der Waals surface area contributed by atoms with Gasteiger partial charge in [-0.05, 0) is 18.9 Å². The van der Waals surface area contributed by atoms with E-state index in [1.807, 2.05) is 30.5 Å². The summed E-state index contributed by atoms with van der Waals surface area (Å²) in [6.45, 7) is 2.91. The van der Waals surface area contributed by atoms with Crippen LogP contribution in [-0.2, 0) is 0 Å². The van der Waals surface area contributed by atoms with Crippen molar-refractivity contribution in [3.8, 4) is 0 Å². The lowest BCUT2D eigenvalue weighted by Gasteiger charge is -2.09. The molecule has 1 atom stereocenters. The molecule has 2 aromatic rings. The van der Waals surface area contributed by atoms with Crippen molar-refractivity contribution in [1.29, 1.82) is 0 Å². The zero-order chi connectivity index (χ0) is 12.1. The van der Waals surface area contributed by atoms with Crippen LogP contribution >= 0.6 is 0 Å². The maximum Gasteiger partial charge on any atom is 0.223 e. The van der Waals surface area contributed by atoms with Crippen molar-refractivity contribution in [1.82, 2.24) is 9.97 Å². The van der Waals surface area contributed by atoms with Crippen LogP contribution in [0.15, 0.2) is 30.5 Å². The average Bonchev–Trinajstić information content (AvgIpc) is 2.38. The number of rotatable bonds is 5. The first-order chi connectivity index (χ1) is 8.29. The van der Waals surface area contributed by atoms with Crippen LogP contribution in [-0.4, -0.2) is 22.6 Å². The molecule has 0 amide bonds. The van der Waals surface area contributed by atoms with Crippen molar-refractivity contribution in [3.05, 3.63) is 30.5 Å². The largest absolute Gasteiger partial charge is 0.354 e. The van der Waals surface area contributed by atoms with Crippen LogP contribution in [0.5, 0.6) is 0 Å². The molecule has 1 aromatic carbocycles. The summed E-state index contributed by atoms with van der Waals surface area (Å²) in [7, 11) is 0. The summed E-state index contributed by atoms with van der Waals surface area (Å²) in [5.41, 5.74) is 6.81. The van der Waals surface area contributed by atoms with Gasteiger partial charge in [-0.25, -0.2) is 9.97 Å². The fraction of sp³-hybridized carbons (Fsp3) is 0.385. The number of aromatic nitrogens is 2. The third-order valence-corrected chi connectivity index (χ3v) is 2.81. The highest BCUT2D eigenvalue weighted by Gasteiger charge is 2.01. The Morgan fingerprint density at radius 1 is 1.35 bits per heavy atom. The highest BCUT2D eigenvalue weighted by atomic mass is 15.1. The van der Waals surface area contributed by atoms with E-state index in [0.29, 0.717) is 5.95 Å². The van der Waals surface area contributed by atoms with E-state index >= 15 is 0 Å². The second kappa shape index (κ2) is 5.59. The van der Waals surface area contributed by atoms with Crippen LogP contribution in [0, 0.1) is 0 Å². The zero-order valence-corrected chi connectivity index (χ0v) is 10.1. The van der Waals surface area contributed by atoms with Crippen molar-refractivity contribution in [3.63, 3.8) is 0 Å². The lowest BCUT2D eigenvalue weighted by atomic mass is 10.2. The summed E-state index contributed by atoms with van der Waals surface area (Å²) in [5, 5.41) is 4.26. The molecule has 1 heterocycles. The van der Waals surface area contributed by atoms with Gasteiger partial charge in [0.15, 0.2) is 0 Å². The quantitative estimate of drug-likeness (QED) is 0.826. The van der Waals surface area contributed by atoms with Gasteiger partial charge in [0.1, 0.15) is 0 Å². The van der Waals surface area contributed by atoms with Gasteiger partial charge in [-0.15, -0.1) is 0 Å². The third-order valence-electron chi connectivity index (χ3n) is 2.81. The Bertz CT molecular complexity index is 484. The maximum absolute atomic E-state index is 5.85. The zero-order valence-electron chi connectivity index (χ0n) is 10.1. The summed E-state index contributed by atoms with van der Waals surface area (Å²) in [5.74, 6) is 0.673. The first-order valence-corrected chi connectivity index (χ1v) is 6.01. The van der Waals surface area contributed by atoms with E-state index in [4.69, 9.17) is 5.73 Å². The van der Waals surface area contributed by atoms with Gasteiger partial charge >= 0.3 is 0 Å². The van der Waals surface area contributed by atoms with Crippen LogP contribution in [0.25, 0.3) is 10.9 Å². The number of hydrogen-bond acceptors (Lipinski definition) is 4. The van der Waals surface area contributed by atoms with Gasteiger partial charge < -0.3 is 11.1 Å². The summed E-state index contributed by atoms with van der Waals surface area (Å²) in [6, 6.07) is 8.21. The average molecular weight is 230 g/mol. The number of nitrogens with two attached hydrogens (primary N) is 1. The second-order valence-corrected chi connectivity index (χ2v) is 4.14. The standard InChI is InChI=1S/C13H18N4/c1-2-11(14)7-8-15-13-16-9-10-5-3-4-6-12(10)17-13/h3-6,9,11H,2,7-8,14H2,1H3,(H,15,16,17). The molecular formula is C13H18N4. The molecule has 2 rings (SSSR count). The molecule has 0 spiro atoms. The Hall–Kier alpha value is -1.68. The lowest BCUT2D eigenvalue weighted by Crippen LogP contribution is -2.22. The summed E-state index contributed by atoms with van der Waals surface area (Å²) < 4.78 is 0. The molecule has 4 nitrogen and oxygen atoms in total. The Morgan fingerprint density at radius 2 is 2.18 bits per heavy atom. The predicted octanol–water partition coefficient (Wildman–Crippen LogP) is 2.17. The number of benzene rings is 1. The minimum atomic E-state index is 0.253. The minimum Gasteiger partial charge on any atom is -0.354 e. The maximum atomic E-state index is 5.85. The Morgan fingerprint density at radius 3 is 3.00 bits per heavy atom. The highest BCUT2D eigenvalue weighted by Crippen LogP contribution is 2.11. The van der Waals surface area contributed by atoms with Gasteiger partial charge in [-0.2, -0.15) is 0 Å².